The molecule has 74 valence electrons. The molecule has 0 radical (unpaired) electrons. The molecule has 0 aliphatic heterocycles. The molecule has 0 aromatic rings. The molecule has 0 aliphatic rings. The van der Waals surface area contributed by atoms with E-state index in [1.165, 1.54) is 32.1 Å². The number of nitrogens with one attached hydrogen (secondary N) is 1. The van der Waals surface area contributed by atoms with E-state index >= 15 is 0 Å². The highest BCUT2D eigenvalue weighted by Crippen LogP contribution is 2.06. The van der Waals surface area contributed by atoms with Crippen LogP contribution < -0.4 is 5.32 Å². The monoisotopic (exact) mass is 173 g/mol. The van der Waals surface area contributed by atoms with Crippen molar-refractivity contribution in [1.29, 1.82) is 0 Å². The normalized spacial score (nSPS) is 13.2. The summed E-state index contributed by atoms with van der Waals surface area (Å²) >= 11 is 0. The van der Waals surface area contributed by atoms with Crippen LogP contribution in [0, 0.1) is 0 Å². The molecular formula is C10H23NO. The Hall–Kier alpha value is -0.0800. The molecule has 0 saturated carbocycles. The third-order valence-electron chi connectivity index (χ3n) is 2.05. The number of unbranched alkanes of at least 4 members (excludes halogenated alkanes) is 4. The van der Waals surface area contributed by atoms with E-state index in [1.807, 2.05) is 14.0 Å². The number of aliphatic hydroxyl groups is 1. The van der Waals surface area contributed by atoms with Crippen LogP contribution in [0.4, 0.5) is 0 Å². The quantitative estimate of drug-likeness (QED) is 0.550. The van der Waals surface area contributed by atoms with Crippen molar-refractivity contribution < 1.29 is 5.11 Å². The first-order valence-electron chi connectivity index (χ1n) is 5.10. The van der Waals surface area contributed by atoms with Crippen molar-refractivity contribution in [1.82, 2.24) is 5.32 Å². The molecule has 0 bridgehead atoms. The molecule has 0 rings (SSSR count). The second-order valence-corrected chi connectivity index (χ2v) is 3.51. The maximum atomic E-state index is 8.98. The van der Waals surface area contributed by atoms with Crippen LogP contribution in [-0.2, 0) is 0 Å². The molecule has 0 saturated heterocycles. The largest absolute Gasteiger partial charge is 0.393 e. The third kappa shape index (κ3) is 9.92. The molecule has 1 atom stereocenters. The van der Waals surface area contributed by atoms with E-state index in [0.29, 0.717) is 0 Å². The van der Waals surface area contributed by atoms with Gasteiger partial charge in [0.1, 0.15) is 0 Å². The second kappa shape index (κ2) is 9.01. The maximum Gasteiger partial charge on any atom is 0.0512 e. The SMILES string of the molecule is CNCCCCCCCC(C)O. The Morgan fingerprint density at radius 2 is 1.67 bits per heavy atom. The average Bonchev–Trinajstić information content (AvgIpc) is 2.02. The average molecular weight is 173 g/mol. The fourth-order valence-electron chi connectivity index (χ4n) is 1.27. The summed E-state index contributed by atoms with van der Waals surface area (Å²) in [5.41, 5.74) is 0. The van der Waals surface area contributed by atoms with Crippen LogP contribution in [-0.4, -0.2) is 24.8 Å². The summed E-state index contributed by atoms with van der Waals surface area (Å²) in [5.74, 6) is 0. The summed E-state index contributed by atoms with van der Waals surface area (Å²) in [6, 6.07) is 0. The lowest BCUT2D eigenvalue weighted by atomic mass is 10.1. The van der Waals surface area contributed by atoms with Crippen LogP contribution in [0.3, 0.4) is 0 Å². The summed E-state index contributed by atoms with van der Waals surface area (Å²) in [7, 11) is 1.99. The topological polar surface area (TPSA) is 32.3 Å². The Morgan fingerprint density at radius 3 is 2.25 bits per heavy atom. The van der Waals surface area contributed by atoms with Gasteiger partial charge in [-0.15, -0.1) is 0 Å². The van der Waals surface area contributed by atoms with Gasteiger partial charge in [0.25, 0.3) is 0 Å². The van der Waals surface area contributed by atoms with Gasteiger partial charge in [-0.2, -0.15) is 0 Å². The number of aliphatic hydroxyl groups excluding tert-OH is 1. The van der Waals surface area contributed by atoms with E-state index in [-0.39, 0.29) is 6.10 Å². The van der Waals surface area contributed by atoms with Crippen molar-refractivity contribution in [3.63, 3.8) is 0 Å². The van der Waals surface area contributed by atoms with Gasteiger partial charge in [0.15, 0.2) is 0 Å². The van der Waals surface area contributed by atoms with Crippen molar-refractivity contribution >= 4 is 0 Å². The smallest absolute Gasteiger partial charge is 0.0512 e. The highest BCUT2D eigenvalue weighted by atomic mass is 16.3. The van der Waals surface area contributed by atoms with Crippen molar-refractivity contribution in [3.8, 4) is 0 Å². The summed E-state index contributed by atoms with van der Waals surface area (Å²) in [5, 5.41) is 12.1. The van der Waals surface area contributed by atoms with Gasteiger partial charge in [0, 0.05) is 0 Å². The summed E-state index contributed by atoms with van der Waals surface area (Å²) in [6.07, 6.45) is 7.22. The standard InChI is InChI=1S/C10H23NO/c1-10(12)8-6-4-3-5-7-9-11-2/h10-12H,3-9H2,1-2H3. The summed E-state index contributed by atoms with van der Waals surface area (Å²) < 4.78 is 0. The van der Waals surface area contributed by atoms with Crippen LogP contribution in [0.5, 0.6) is 0 Å². The minimum absolute atomic E-state index is 0.109. The van der Waals surface area contributed by atoms with E-state index in [2.05, 4.69) is 5.32 Å². The molecule has 2 nitrogen and oxygen atoms in total. The highest BCUT2D eigenvalue weighted by Gasteiger charge is 1.94. The number of hydrogen-bond acceptors (Lipinski definition) is 2. The zero-order valence-corrected chi connectivity index (χ0v) is 8.47. The molecule has 0 aromatic heterocycles. The van der Waals surface area contributed by atoms with Gasteiger partial charge < -0.3 is 10.4 Å². The maximum absolute atomic E-state index is 8.98. The van der Waals surface area contributed by atoms with Crippen LogP contribution >= 0.6 is 0 Å². The Kier molecular flexibility index (Phi) is 8.95. The van der Waals surface area contributed by atoms with E-state index < -0.39 is 0 Å². The van der Waals surface area contributed by atoms with Gasteiger partial charge in [-0.05, 0) is 33.4 Å². The Balaban J connectivity index is 2.82. The summed E-state index contributed by atoms with van der Waals surface area (Å²) in [6.45, 7) is 3.00. The van der Waals surface area contributed by atoms with Crippen LogP contribution in [0.1, 0.15) is 45.4 Å². The fourth-order valence-corrected chi connectivity index (χ4v) is 1.27. The van der Waals surface area contributed by atoms with Gasteiger partial charge in [-0.3, -0.25) is 0 Å². The van der Waals surface area contributed by atoms with Gasteiger partial charge in [0.2, 0.25) is 0 Å². The molecule has 2 heteroatoms. The predicted molar refractivity (Wildman–Crippen MR) is 53.3 cm³/mol. The molecule has 0 heterocycles. The minimum Gasteiger partial charge on any atom is -0.393 e. The Morgan fingerprint density at radius 1 is 1.08 bits per heavy atom. The third-order valence-corrected chi connectivity index (χ3v) is 2.05. The lowest BCUT2D eigenvalue weighted by molar-refractivity contribution is 0.180. The zero-order chi connectivity index (χ0) is 9.23. The first-order valence-corrected chi connectivity index (χ1v) is 5.10. The first kappa shape index (κ1) is 11.9. The lowest BCUT2D eigenvalue weighted by Gasteiger charge is -2.03. The molecule has 0 fully saturated rings. The van der Waals surface area contributed by atoms with E-state index in [4.69, 9.17) is 5.11 Å². The molecule has 0 spiro atoms. The van der Waals surface area contributed by atoms with Crippen molar-refractivity contribution in [2.45, 2.75) is 51.6 Å². The zero-order valence-electron chi connectivity index (χ0n) is 8.47. The fraction of sp³-hybridized carbons (Fsp3) is 1.00. The van der Waals surface area contributed by atoms with Gasteiger partial charge in [-0.25, -0.2) is 0 Å². The lowest BCUT2D eigenvalue weighted by Crippen LogP contribution is -2.06. The molecule has 0 aliphatic carbocycles. The molecular weight excluding hydrogens is 150 g/mol. The Labute approximate surface area is 76.4 Å². The number of rotatable bonds is 8. The van der Waals surface area contributed by atoms with Crippen molar-refractivity contribution in [2.75, 3.05) is 13.6 Å². The Bertz CT molecular complexity index is 83.9. The van der Waals surface area contributed by atoms with Crippen LogP contribution in [0.15, 0.2) is 0 Å². The molecule has 1 unspecified atom stereocenters. The minimum atomic E-state index is -0.109. The van der Waals surface area contributed by atoms with Crippen molar-refractivity contribution in [3.05, 3.63) is 0 Å². The molecule has 12 heavy (non-hydrogen) atoms. The molecule has 0 amide bonds. The number of hydrogen-bond donors (Lipinski definition) is 2. The molecule has 0 aromatic carbocycles. The van der Waals surface area contributed by atoms with Gasteiger partial charge in [-0.1, -0.05) is 25.7 Å². The van der Waals surface area contributed by atoms with E-state index in [1.54, 1.807) is 0 Å². The second-order valence-electron chi connectivity index (χ2n) is 3.51. The van der Waals surface area contributed by atoms with Gasteiger partial charge >= 0.3 is 0 Å². The predicted octanol–water partition coefficient (Wildman–Crippen LogP) is 1.93. The molecule has 2 N–H and O–H groups in total. The highest BCUT2D eigenvalue weighted by molar-refractivity contribution is 4.50. The summed E-state index contributed by atoms with van der Waals surface area (Å²) in [4.78, 5) is 0. The van der Waals surface area contributed by atoms with Crippen LogP contribution in [0.2, 0.25) is 0 Å². The van der Waals surface area contributed by atoms with Gasteiger partial charge in [0.05, 0.1) is 6.10 Å². The van der Waals surface area contributed by atoms with E-state index in [9.17, 15) is 0 Å². The van der Waals surface area contributed by atoms with Crippen LogP contribution in [0.25, 0.3) is 0 Å². The van der Waals surface area contributed by atoms with E-state index in [0.717, 1.165) is 13.0 Å². The van der Waals surface area contributed by atoms with Crippen molar-refractivity contribution in [2.24, 2.45) is 0 Å². The first-order chi connectivity index (χ1) is 5.77.